The molecule has 27 heavy (non-hydrogen) atoms. The summed E-state index contributed by atoms with van der Waals surface area (Å²) in [5, 5.41) is 6.84. The van der Waals surface area contributed by atoms with Crippen LogP contribution in [0.3, 0.4) is 0 Å². The second-order valence-electron chi connectivity index (χ2n) is 6.34. The molecule has 2 N–H and O–H groups in total. The third-order valence-corrected chi connectivity index (χ3v) is 4.08. The lowest BCUT2D eigenvalue weighted by Gasteiger charge is -2.18. The summed E-state index contributed by atoms with van der Waals surface area (Å²) in [6, 6.07) is 11.2. The van der Waals surface area contributed by atoms with Crippen molar-refractivity contribution < 1.29 is 19.1 Å². The molecule has 140 valence electrons. The van der Waals surface area contributed by atoms with Crippen LogP contribution in [-0.4, -0.2) is 30.7 Å². The van der Waals surface area contributed by atoms with Crippen LogP contribution in [0.5, 0.6) is 11.5 Å². The number of amides is 2. The largest absolute Gasteiger partial charge is 0.483 e. The summed E-state index contributed by atoms with van der Waals surface area (Å²) in [7, 11) is 0. The number of anilines is 1. The predicted octanol–water partition coefficient (Wildman–Crippen LogP) is 2.55. The highest BCUT2D eigenvalue weighted by molar-refractivity contribution is 6.02. The Labute approximate surface area is 157 Å². The topological polar surface area (TPSA) is 89.0 Å². The van der Waals surface area contributed by atoms with Gasteiger partial charge in [-0.2, -0.15) is 5.10 Å². The van der Waals surface area contributed by atoms with Crippen LogP contribution >= 0.6 is 0 Å². The molecule has 0 unspecified atom stereocenters. The van der Waals surface area contributed by atoms with Gasteiger partial charge in [0.15, 0.2) is 13.2 Å². The highest BCUT2D eigenvalue weighted by Gasteiger charge is 2.16. The lowest BCUT2D eigenvalue weighted by Crippen LogP contribution is -2.26. The van der Waals surface area contributed by atoms with Crippen molar-refractivity contribution >= 4 is 23.2 Å². The first kappa shape index (κ1) is 18.4. The van der Waals surface area contributed by atoms with Crippen molar-refractivity contribution in [3.05, 3.63) is 53.1 Å². The molecule has 0 spiro atoms. The Morgan fingerprint density at radius 2 is 2.07 bits per heavy atom. The SMILES string of the molecule is C/C(=N/NC(=O)COc1cc(C)ccc1C)c1ccc2c(c1)NC(=O)CO2. The number of rotatable bonds is 5. The van der Waals surface area contributed by atoms with Gasteiger partial charge >= 0.3 is 0 Å². The second kappa shape index (κ2) is 7.90. The van der Waals surface area contributed by atoms with Crippen LogP contribution in [0.25, 0.3) is 0 Å². The molecule has 2 aromatic rings. The molecule has 0 bridgehead atoms. The Morgan fingerprint density at radius 3 is 2.89 bits per heavy atom. The van der Waals surface area contributed by atoms with Gasteiger partial charge < -0.3 is 14.8 Å². The van der Waals surface area contributed by atoms with Gasteiger partial charge in [0, 0.05) is 0 Å². The molecule has 0 atom stereocenters. The van der Waals surface area contributed by atoms with Gasteiger partial charge in [-0.3, -0.25) is 9.59 Å². The number of hydrazone groups is 1. The van der Waals surface area contributed by atoms with Crippen molar-refractivity contribution in [2.24, 2.45) is 5.10 Å². The van der Waals surface area contributed by atoms with E-state index in [2.05, 4.69) is 15.8 Å². The van der Waals surface area contributed by atoms with E-state index in [0.717, 1.165) is 16.7 Å². The zero-order chi connectivity index (χ0) is 19.4. The fraction of sp³-hybridized carbons (Fsp3) is 0.250. The number of hydrogen-bond acceptors (Lipinski definition) is 5. The first-order chi connectivity index (χ1) is 12.9. The first-order valence-corrected chi connectivity index (χ1v) is 8.52. The zero-order valence-corrected chi connectivity index (χ0v) is 15.5. The minimum Gasteiger partial charge on any atom is -0.483 e. The highest BCUT2D eigenvalue weighted by atomic mass is 16.5. The summed E-state index contributed by atoms with van der Waals surface area (Å²) >= 11 is 0. The van der Waals surface area contributed by atoms with Gasteiger partial charge in [0.05, 0.1) is 11.4 Å². The number of benzene rings is 2. The fourth-order valence-corrected chi connectivity index (χ4v) is 2.56. The number of aryl methyl sites for hydroxylation is 2. The van der Waals surface area contributed by atoms with Gasteiger partial charge in [-0.25, -0.2) is 5.43 Å². The lowest BCUT2D eigenvalue weighted by atomic mass is 10.1. The molecule has 1 aliphatic rings. The summed E-state index contributed by atoms with van der Waals surface area (Å²) < 4.78 is 10.9. The minimum atomic E-state index is -0.357. The van der Waals surface area contributed by atoms with Gasteiger partial charge in [0.2, 0.25) is 0 Å². The molecule has 2 amide bonds. The van der Waals surface area contributed by atoms with E-state index in [4.69, 9.17) is 9.47 Å². The Morgan fingerprint density at radius 1 is 1.26 bits per heavy atom. The summed E-state index contributed by atoms with van der Waals surface area (Å²) in [5.74, 6) is 0.726. The smallest absolute Gasteiger partial charge is 0.277 e. The van der Waals surface area contributed by atoms with Crippen LogP contribution in [-0.2, 0) is 9.59 Å². The minimum absolute atomic E-state index is 0.00981. The molecule has 7 nitrogen and oxygen atoms in total. The first-order valence-electron chi connectivity index (χ1n) is 8.52. The molecule has 7 heteroatoms. The van der Waals surface area contributed by atoms with E-state index in [0.29, 0.717) is 22.9 Å². The molecule has 1 heterocycles. The molecule has 0 fully saturated rings. The van der Waals surface area contributed by atoms with Crippen molar-refractivity contribution in [3.8, 4) is 11.5 Å². The normalized spacial score (nSPS) is 13.3. The average Bonchev–Trinajstić information content (AvgIpc) is 2.66. The molecule has 1 aliphatic heterocycles. The Hall–Kier alpha value is -3.35. The van der Waals surface area contributed by atoms with Crippen molar-refractivity contribution in [1.82, 2.24) is 5.43 Å². The number of nitrogens with zero attached hydrogens (tertiary/aromatic N) is 1. The standard InChI is InChI=1S/C20H21N3O4/c1-12-4-5-13(2)18(8-12)27-11-20(25)23-22-14(3)15-6-7-17-16(9-15)21-19(24)10-26-17/h4-9H,10-11H2,1-3H3,(H,21,24)(H,23,25)/b22-14-. The molecule has 0 aliphatic carbocycles. The number of carbonyl (C=O) groups excluding carboxylic acids is 2. The van der Waals surface area contributed by atoms with Crippen molar-refractivity contribution in [1.29, 1.82) is 0 Å². The van der Waals surface area contributed by atoms with E-state index in [9.17, 15) is 9.59 Å². The third-order valence-electron chi connectivity index (χ3n) is 4.08. The predicted molar refractivity (Wildman–Crippen MR) is 102 cm³/mol. The lowest BCUT2D eigenvalue weighted by molar-refractivity contribution is -0.123. The van der Waals surface area contributed by atoms with Crippen LogP contribution < -0.4 is 20.2 Å². The molecule has 0 radical (unpaired) electrons. The van der Waals surface area contributed by atoms with Gasteiger partial charge in [0.1, 0.15) is 11.5 Å². The highest BCUT2D eigenvalue weighted by Crippen LogP contribution is 2.28. The molecular formula is C20H21N3O4. The van der Waals surface area contributed by atoms with Crippen LogP contribution in [0.2, 0.25) is 0 Å². The van der Waals surface area contributed by atoms with E-state index < -0.39 is 0 Å². The van der Waals surface area contributed by atoms with E-state index in [1.807, 2.05) is 38.1 Å². The van der Waals surface area contributed by atoms with Crippen molar-refractivity contribution in [2.45, 2.75) is 20.8 Å². The monoisotopic (exact) mass is 367 g/mol. The van der Waals surface area contributed by atoms with Crippen LogP contribution in [0.15, 0.2) is 41.5 Å². The Kier molecular flexibility index (Phi) is 5.40. The van der Waals surface area contributed by atoms with Crippen LogP contribution in [0.1, 0.15) is 23.6 Å². The summed E-state index contributed by atoms with van der Waals surface area (Å²) in [5.41, 5.74) is 6.45. The fourth-order valence-electron chi connectivity index (χ4n) is 2.56. The molecule has 0 saturated carbocycles. The summed E-state index contributed by atoms with van der Waals surface area (Å²) in [4.78, 5) is 23.4. The van der Waals surface area contributed by atoms with Crippen LogP contribution in [0, 0.1) is 13.8 Å². The average molecular weight is 367 g/mol. The third kappa shape index (κ3) is 4.63. The van der Waals surface area contributed by atoms with Gasteiger partial charge in [-0.05, 0) is 61.7 Å². The maximum Gasteiger partial charge on any atom is 0.277 e. The molecule has 0 saturated heterocycles. The Bertz CT molecular complexity index is 921. The molecular weight excluding hydrogens is 346 g/mol. The number of nitrogens with one attached hydrogen (secondary N) is 2. The molecule has 3 rings (SSSR count). The number of carbonyl (C=O) groups is 2. The number of ether oxygens (including phenoxy) is 2. The molecule has 0 aromatic heterocycles. The van der Waals surface area contributed by atoms with Crippen LogP contribution in [0.4, 0.5) is 5.69 Å². The summed E-state index contributed by atoms with van der Waals surface area (Å²) in [6.45, 7) is 5.53. The second-order valence-corrected chi connectivity index (χ2v) is 6.34. The van der Waals surface area contributed by atoms with E-state index in [1.54, 1.807) is 19.1 Å². The van der Waals surface area contributed by atoms with Gasteiger partial charge in [0.25, 0.3) is 11.8 Å². The number of hydrogen-bond donors (Lipinski definition) is 2. The molecule has 2 aromatic carbocycles. The van der Waals surface area contributed by atoms with Crippen molar-refractivity contribution in [3.63, 3.8) is 0 Å². The zero-order valence-electron chi connectivity index (χ0n) is 15.5. The Balaban J connectivity index is 1.60. The van der Waals surface area contributed by atoms with Crippen molar-refractivity contribution in [2.75, 3.05) is 18.5 Å². The van der Waals surface area contributed by atoms with E-state index >= 15 is 0 Å². The maximum absolute atomic E-state index is 12.0. The van der Waals surface area contributed by atoms with E-state index in [-0.39, 0.29) is 25.0 Å². The summed E-state index contributed by atoms with van der Waals surface area (Å²) in [6.07, 6.45) is 0. The van der Waals surface area contributed by atoms with Gasteiger partial charge in [-0.15, -0.1) is 0 Å². The van der Waals surface area contributed by atoms with Gasteiger partial charge in [-0.1, -0.05) is 12.1 Å². The quantitative estimate of drug-likeness (QED) is 0.628. The maximum atomic E-state index is 12.0. The van der Waals surface area contributed by atoms with E-state index in [1.165, 1.54) is 0 Å². The number of fused-ring (bicyclic) bond motifs is 1.